The fourth-order valence-corrected chi connectivity index (χ4v) is 2.50. The lowest BCUT2D eigenvalue weighted by Crippen LogP contribution is -2.09. The van der Waals surface area contributed by atoms with Crippen molar-refractivity contribution in [3.05, 3.63) is 71.8 Å². The zero-order chi connectivity index (χ0) is 16.0. The van der Waals surface area contributed by atoms with Crippen molar-refractivity contribution in [2.24, 2.45) is 0 Å². The van der Waals surface area contributed by atoms with Crippen molar-refractivity contribution in [2.45, 2.75) is 12.3 Å². The SMILES string of the molecule is O=C(OCCC(c1ccccc1)c1ccccc1)P(=O)(O)O. The molecule has 0 aliphatic heterocycles. The van der Waals surface area contributed by atoms with Gasteiger partial charge in [-0.1, -0.05) is 60.7 Å². The van der Waals surface area contributed by atoms with Gasteiger partial charge in [0.05, 0.1) is 6.61 Å². The summed E-state index contributed by atoms with van der Waals surface area (Å²) in [4.78, 5) is 28.6. The van der Waals surface area contributed by atoms with Crippen LogP contribution in [-0.4, -0.2) is 22.1 Å². The lowest BCUT2D eigenvalue weighted by molar-refractivity contribution is 0.160. The minimum Gasteiger partial charge on any atom is -0.457 e. The lowest BCUT2D eigenvalue weighted by Gasteiger charge is -2.18. The molecule has 2 N–H and O–H groups in total. The molecule has 6 heteroatoms. The molecule has 0 fully saturated rings. The molecule has 0 bridgehead atoms. The Labute approximate surface area is 128 Å². The summed E-state index contributed by atoms with van der Waals surface area (Å²) in [5, 5.41) is 0. The third-order valence-corrected chi connectivity index (χ3v) is 3.88. The molecule has 2 aromatic rings. The van der Waals surface area contributed by atoms with E-state index in [-0.39, 0.29) is 12.5 Å². The Kier molecular flexibility index (Phi) is 5.50. The van der Waals surface area contributed by atoms with E-state index in [1.165, 1.54) is 0 Å². The molecule has 0 saturated heterocycles. The summed E-state index contributed by atoms with van der Waals surface area (Å²) in [7, 11) is -4.82. The smallest absolute Gasteiger partial charge is 0.433 e. The number of rotatable bonds is 6. The Morgan fingerprint density at radius 2 is 1.41 bits per heavy atom. The molecule has 0 aliphatic rings. The Balaban J connectivity index is 2.10. The predicted octanol–water partition coefficient (Wildman–Crippen LogP) is 3.52. The highest BCUT2D eigenvalue weighted by atomic mass is 31.2. The average Bonchev–Trinajstić information content (AvgIpc) is 2.52. The molecule has 2 aromatic carbocycles. The Morgan fingerprint density at radius 3 is 1.82 bits per heavy atom. The largest absolute Gasteiger partial charge is 0.457 e. The third-order valence-electron chi connectivity index (χ3n) is 3.27. The molecule has 0 unspecified atom stereocenters. The minimum atomic E-state index is -4.82. The standard InChI is InChI=1S/C16H17O5P/c17-16(22(18,19)20)21-12-11-15(13-7-3-1-4-8-13)14-9-5-2-6-10-14/h1-10,15H,11-12H2,(H2,18,19,20). The first-order chi connectivity index (χ1) is 10.5. The van der Waals surface area contributed by atoms with Crippen LogP contribution in [0.1, 0.15) is 23.5 Å². The summed E-state index contributed by atoms with van der Waals surface area (Å²) in [6.45, 7) is -0.0571. The molecule has 0 aromatic heterocycles. The van der Waals surface area contributed by atoms with E-state index in [0.29, 0.717) is 6.42 Å². The Bertz CT molecular complexity index is 611. The van der Waals surface area contributed by atoms with Crippen molar-refractivity contribution in [2.75, 3.05) is 6.61 Å². The number of carbonyl (C=O) groups excluding carboxylic acids is 1. The van der Waals surface area contributed by atoms with E-state index in [4.69, 9.17) is 9.79 Å². The summed E-state index contributed by atoms with van der Waals surface area (Å²) in [5.74, 6) is -0.00743. The van der Waals surface area contributed by atoms with Crippen molar-refractivity contribution in [1.29, 1.82) is 0 Å². The van der Waals surface area contributed by atoms with Gasteiger partial charge in [0.2, 0.25) is 0 Å². The first kappa shape index (κ1) is 16.4. The second kappa shape index (κ2) is 7.36. The predicted molar refractivity (Wildman–Crippen MR) is 82.7 cm³/mol. The number of hydrogen-bond acceptors (Lipinski definition) is 3. The van der Waals surface area contributed by atoms with Crippen LogP contribution in [0.3, 0.4) is 0 Å². The van der Waals surface area contributed by atoms with Crippen LogP contribution in [0.5, 0.6) is 0 Å². The van der Waals surface area contributed by atoms with Gasteiger partial charge in [0.1, 0.15) is 0 Å². The zero-order valence-electron chi connectivity index (χ0n) is 11.8. The van der Waals surface area contributed by atoms with Crippen molar-refractivity contribution in [3.8, 4) is 0 Å². The van der Waals surface area contributed by atoms with Gasteiger partial charge >= 0.3 is 13.3 Å². The molecule has 0 spiro atoms. The van der Waals surface area contributed by atoms with Crippen LogP contribution in [0, 0.1) is 0 Å². The molecule has 116 valence electrons. The molecular formula is C16H17O5P. The lowest BCUT2D eigenvalue weighted by atomic mass is 9.89. The van der Waals surface area contributed by atoms with Gasteiger partial charge in [0, 0.05) is 5.92 Å². The molecule has 0 saturated carbocycles. The van der Waals surface area contributed by atoms with E-state index >= 15 is 0 Å². The van der Waals surface area contributed by atoms with Crippen LogP contribution in [-0.2, 0) is 9.30 Å². The normalized spacial score (nSPS) is 11.4. The summed E-state index contributed by atoms with van der Waals surface area (Å²) in [5.41, 5.74) is 0.634. The number of carbonyl (C=O) groups is 1. The molecular weight excluding hydrogens is 303 g/mol. The topological polar surface area (TPSA) is 83.8 Å². The van der Waals surface area contributed by atoms with Crippen LogP contribution >= 0.6 is 7.60 Å². The van der Waals surface area contributed by atoms with Gasteiger partial charge in [-0.15, -0.1) is 0 Å². The molecule has 0 heterocycles. The first-order valence-electron chi connectivity index (χ1n) is 6.81. The van der Waals surface area contributed by atoms with Gasteiger partial charge < -0.3 is 14.5 Å². The van der Waals surface area contributed by atoms with Gasteiger partial charge in [-0.3, -0.25) is 0 Å². The van der Waals surface area contributed by atoms with Crippen LogP contribution < -0.4 is 0 Å². The Hall–Kier alpha value is -1.94. The molecule has 2 rings (SSSR count). The molecule has 0 atom stereocenters. The number of hydrogen-bond donors (Lipinski definition) is 2. The van der Waals surface area contributed by atoms with E-state index in [1.807, 2.05) is 60.7 Å². The molecule has 0 amide bonds. The maximum Gasteiger partial charge on any atom is 0.433 e. The summed E-state index contributed by atoms with van der Waals surface area (Å²) in [6.07, 6.45) is 0.444. The quantitative estimate of drug-likeness (QED) is 0.796. The van der Waals surface area contributed by atoms with E-state index in [2.05, 4.69) is 4.74 Å². The second-order valence-corrected chi connectivity index (χ2v) is 6.27. The fraction of sp³-hybridized carbons (Fsp3) is 0.188. The summed E-state index contributed by atoms with van der Waals surface area (Å²) < 4.78 is 15.4. The average molecular weight is 320 g/mol. The monoisotopic (exact) mass is 320 g/mol. The highest BCUT2D eigenvalue weighted by molar-refractivity contribution is 7.69. The van der Waals surface area contributed by atoms with E-state index in [1.54, 1.807) is 0 Å². The number of benzene rings is 2. The van der Waals surface area contributed by atoms with Crippen molar-refractivity contribution >= 4 is 13.3 Å². The highest BCUT2D eigenvalue weighted by Gasteiger charge is 2.28. The van der Waals surface area contributed by atoms with Crippen LogP contribution in [0.2, 0.25) is 0 Å². The van der Waals surface area contributed by atoms with Crippen LogP contribution in [0.15, 0.2) is 60.7 Å². The molecule has 5 nitrogen and oxygen atoms in total. The van der Waals surface area contributed by atoms with E-state index < -0.39 is 13.3 Å². The molecule has 0 aliphatic carbocycles. The van der Waals surface area contributed by atoms with Crippen LogP contribution in [0.25, 0.3) is 0 Å². The number of ether oxygens (including phenoxy) is 1. The summed E-state index contributed by atoms with van der Waals surface area (Å²) >= 11 is 0. The van der Waals surface area contributed by atoms with Crippen molar-refractivity contribution in [3.63, 3.8) is 0 Å². The van der Waals surface area contributed by atoms with Crippen molar-refractivity contribution < 1.29 is 23.9 Å². The minimum absolute atomic E-state index is 0.00743. The van der Waals surface area contributed by atoms with Gasteiger partial charge in [-0.25, -0.2) is 9.36 Å². The van der Waals surface area contributed by atoms with Gasteiger partial charge in [0.25, 0.3) is 0 Å². The van der Waals surface area contributed by atoms with Crippen LogP contribution in [0.4, 0.5) is 4.79 Å². The van der Waals surface area contributed by atoms with Gasteiger partial charge in [0.15, 0.2) is 0 Å². The fourth-order valence-electron chi connectivity index (χ4n) is 2.24. The van der Waals surface area contributed by atoms with Crippen molar-refractivity contribution in [1.82, 2.24) is 0 Å². The maximum atomic E-state index is 11.1. The van der Waals surface area contributed by atoms with E-state index in [9.17, 15) is 9.36 Å². The van der Waals surface area contributed by atoms with Gasteiger partial charge in [-0.05, 0) is 17.5 Å². The Morgan fingerprint density at radius 1 is 0.955 bits per heavy atom. The zero-order valence-corrected chi connectivity index (χ0v) is 12.7. The third kappa shape index (κ3) is 4.53. The molecule has 22 heavy (non-hydrogen) atoms. The first-order valence-corrected chi connectivity index (χ1v) is 8.42. The maximum absolute atomic E-state index is 11.1. The van der Waals surface area contributed by atoms with Gasteiger partial charge in [-0.2, -0.15) is 0 Å². The molecule has 0 radical (unpaired) electrons. The second-order valence-electron chi connectivity index (χ2n) is 4.82. The summed E-state index contributed by atoms with van der Waals surface area (Å²) in [6, 6.07) is 19.4. The highest BCUT2D eigenvalue weighted by Crippen LogP contribution is 2.37. The van der Waals surface area contributed by atoms with E-state index in [0.717, 1.165) is 11.1 Å².